The molecule has 1 fully saturated rings. The topological polar surface area (TPSA) is 66.5 Å². The highest BCUT2D eigenvalue weighted by Gasteiger charge is 2.36. The van der Waals surface area contributed by atoms with E-state index in [1.54, 1.807) is 18.2 Å². The smallest absolute Gasteiger partial charge is 0.294 e. The third-order valence-corrected chi connectivity index (χ3v) is 5.33. The lowest BCUT2D eigenvalue weighted by molar-refractivity contribution is -0.127. The number of nitrogens with zero attached hydrogens (tertiary/aromatic N) is 1. The normalized spacial score (nSPS) is 15.6. The Morgan fingerprint density at radius 1 is 1.15 bits per heavy atom. The van der Waals surface area contributed by atoms with Gasteiger partial charge in [0, 0.05) is 10.2 Å². The van der Waals surface area contributed by atoms with Gasteiger partial charge in [-0.1, -0.05) is 51.8 Å². The number of amides is 3. The van der Waals surface area contributed by atoms with Gasteiger partial charge in [0.25, 0.3) is 11.1 Å². The average Bonchev–Trinajstić information content (AvgIpc) is 2.86. The van der Waals surface area contributed by atoms with Gasteiger partial charge in [0.2, 0.25) is 5.91 Å². The van der Waals surface area contributed by atoms with E-state index in [0.717, 1.165) is 32.3 Å². The molecule has 0 aromatic heterocycles. The molecular weight excluding hydrogens is 416 g/mol. The monoisotopic (exact) mass is 430 g/mol. The van der Waals surface area contributed by atoms with Crippen molar-refractivity contribution in [2.75, 3.05) is 11.9 Å². The van der Waals surface area contributed by atoms with Gasteiger partial charge in [-0.05, 0) is 48.5 Å². The van der Waals surface area contributed by atoms with Gasteiger partial charge in [0.05, 0.1) is 4.91 Å². The van der Waals surface area contributed by atoms with Gasteiger partial charge in [0.15, 0.2) is 0 Å². The standard InChI is InChI=1S/C19H15BrN2O3S/c1-12-6-8-14(9-7-12)21-17(23)11-22-18(24)16(26-19(22)25)10-13-4-2-3-5-15(13)20/h2-10H,11H2,1H3,(H,21,23)/b16-10-. The summed E-state index contributed by atoms with van der Waals surface area (Å²) in [7, 11) is 0. The van der Waals surface area contributed by atoms with Crippen molar-refractivity contribution in [3.63, 3.8) is 0 Å². The fourth-order valence-corrected chi connectivity index (χ4v) is 3.58. The Hall–Kier alpha value is -2.38. The number of thioether (sulfide) groups is 1. The zero-order chi connectivity index (χ0) is 18.7. The van der Waals surface area contributed by atoms with Crippen LogP contribution in [0.15, 0.2) is 57.9 Å². The molecule has 0 radical (unpaired) electrons. The minimum Gasteiger partial charge on any atom is -0.325 e. The summed E-state index contributed by atoms with van der Waals surface area (Å²) in [6.07, 6.45) is 1.65. The summed E-state index contributed by atoms with van der Waals surface area (Å²) in [6, 6.07) is 14.7. The maximum absolute atomic E-state index is 12.5. The summed E-state index contributed by atoms with van der Waals surface area (Å²) in [6.45, 7) is 1.63. The first kappa shape index (κ1) is 18.4. The first-order chi connectivity index (χ1) is 12.4. The van der Waals surface area contributed by atoms with Gasteiger partial charge in [-0.2, -0.15) is 0 Å². The number of carbonyl (C=O) groups excluding carboxylic acids is 3. The molecule has 1 heterocycles. The second kappa shape index (κ2) is 7.88. The molecule has 3 amide bonds. The molecule has 0 saturated carbocycles. The Kier molecular flexibility index (Phi) is 5.58. The summed E-state index contributed by atoms with van der Waals surface area (Å²) >= 11 is 4.24. The van der Waals surface area contributed by atoms with Crippen LogP contribution < -0.4 is 5.32 Å². The third-order valence-electron chi connectivity index (χ3n) is 3.70. The van der Waals surface area contributed by atoms with Gasteiger partial charge in [-0.15, -0.1) is 0 Å². The predicted molar refractivity (Wildman–Crippen MR) is 107 cm³/mol. The average molecular weight is 431 g/mol. The molecule has 7 heteroatoms. The minimum atomic E-state index is -0.463. The van der Waals surface area contributed by atoms with E-state index in [0.29, 0.717) is 10.6 Å². The number of aryl methyl sites for hydroxylation is 1. The number of hydrogen-bond donors (Lipinski definition) is 1. The molecule has 0 atom stereocenters. The lowest BCUT2D eigenvalue weighted by Gasteiger charge is -2.12. The van der Waals surface area contributed by atoms with Gasteiger partial charge < -0.3 is 5.32 Å². The zero-order valence-corrected chi connectivity index (χ0v) is 16.3. The quantitative estimate of drug-likeness (QED) is 0.728. The fraction of sp³-hybridized carbons (Fsp3) is 0.105. The van der Waals surface area contributed by atoms with Crippen LogP contribution in [-0.4, -0.2) is 28.5 Å². The molecule has 1 aliphatic heterocycles. The van der Waals surface area contributed by atoms with Crippen LogP contribution >= 0.6 is 27.7 Å². The number of anilines is 1. The Bertz CT molecular complexity index is 909. The summed E-state index contributed by atoms with van der Waals surface area (Å²) in [5, 5.41) is 2.24. The Labute approximate surface area is 163 Å². The molecular formula is C19H15BrN2O3S. The van der Waals surface area contributed by atoms with Crippen LogP contribution in [0.4, 0.5) is 10.5 Å². The molecule has 0 bridgehead atoms. The van der Waals surface area contributed by atoms with Crippen LogP contribution in [0.25, 0.3) is 6.08 Å². The maximum atomic E-state index is 12.5. The van der Waals surface area contributed by atoms with Crippen molar-refractivity contribution in [2.45, 2.75) is 6.92 Å². The second-order valence-electron chi connectivity index (χ2n) is 5.70. The van der Waals surface area contributed by atoms with Crippen molar-refractivity contribution < 1.29 is 14.4 Å². The second-order valence-corrected chi connectivity index (χ2v) is 7.55. The van der Waals surface area contributed by atoms with Crippen molar-refractivity contribution in [1.29, 1.82) is 0 Å². The minimum absolute atomic E-state index is 0.296. The Morgan fingerprint density at radius 2 is 1.85 bits per heavy atom. The highest BCUT2D eigenvalue weighted by atomic mass is 79.9. The van der Waals surface area contributed by atoms with Crippen LogP contribution in [0.1, 0.15) is 11.1 Å². The largest absolute Gasteiger partial charge is 0.325 e. The predicted octanol–water partition coefficient (Wildman–Crippen LogP) is 4.43. The Balaban J connectivity index is 1.70. The Morgan fingerprint density at radius 3 is 2.54 bits per heavy atom. The summed E-state index contributed by atoms with van der Waals surface area (Å²) in [4.78, 5) is 38.0. The number of nitrogens with one attached hydrogen (secondary N) is 1. The summed E-state index contributed by atoms with van der Waals surface area (Å²) in [5.41, 5.74) is 2.49. The van der Waals surface area contributed by atoms with Crippen molar-refractivity contribution >= 4 is 56.5 Å². The highest BCUT2D eigenvalue weighted by Crippen LogP contribution is 2.33. The summed E-state index contributed by atoms with van der Waals surface area (Å²) in [5.74, 6) is -0.881. The number of halogens is 1. The van der Waals surface area contributed by atoms with E-state index in [2.05, 4.69) is 21.2 Å². The lowest BCUT2D eigenvalue weighted by atomic mass is 10.2. The first-order valence-corrected chi connectivity index (χ1v) is 9.41. The molecule has 2 aromatic rings. The third kappa shape index (κ3) is 4.23. The molecule has 0 spiro atoms. The molecule has 0 aliphatic carbocycles. The number of imide groups is 1. The van der Waals surface area contributed by atoms with Crippen molar-refractivity contribution in [1.82, 2.24) is 4.90 Å². The van der Waals surface area contributed by atoms with Crippen LogP contribution in [0.2, 0.25) is 0 Å². The molecule has 5 nitrogen and oxygen atoms in total. The van der Waals surface area contributed by atoms with Crippen LogP contribution in [0.5, 0.6) is 0 Å². The molecule has 1 N–H and O–H groups in total. The van der Waals surface area contributed by atoms with Gasteiger partial charge in [-0.3, -0.25) is 19.3 Å². The van der Waals surface area contributed by atoms with Gasteiger partial charge in [-0.25, -0.2) is 0 Å². The van der Waals surface area contributed by atoms with Gasteiger partial charge >= 0.3 is 0 Å². The van der Waals surface area contributed by atoms with Gasteiger partial charge in [0.1, 0.15) is 6.54 Å². The number of hydrogen-bond acceptors (Lipinski definition) is 4. The van der Waals surface area contributed by atoms with Crippen molar-refractivity contribution in [3.8, 4) is 0 Å². The highest BCUT2D eigenvalue weighted by molar-refractivity contribution is 9.10. The number of benzene rings is 2. The van der Waals surface area contributed by atoms with Crippen molar-refractivity contribution in [3.05, 3.63) is 69.0 Å². The molecule has 3 rings (SSSR count). The maximum Gasteiger partial charge on any atom is 0.294 e. The SMILES string of the molecule is Cc1ccc(NC(=O)CN2C(=O)S/C(=C\c3ccccc3Br)C2=O)cc1. The van der Waals surface area contributed by atoms with E-state index in [1.807, 2.05) is 43.3 Å². The zero-order valence-electron chi connectivity index (χ0n) is 13.9. The lowest BCUT2D eigenvalue weighted by Crippen LogP contribution is -2.36. The van der Waals surface area contributed by atoms with E-state index < -0.39 is 17.1 Å². The van der Waals surface area contributed by atoms with E-state index in [1.165, 1.54) is 0 Å². The van der Waals surface area contributed by atoms with E-state index >= 15 is 0 Å². The van der Waals surface area contributed by atoms with E-state index in [9.17, 15) is 14.4 Å². The molecule has 1 saturated heterocycles. The summed E-state index contributed by atoms with van der Waals surface area (Å²) < 4.78 is 0.823. The molecule has 2 aromatic carbocycles. The number of rotatable bonds is 4. The molecule has 26 heavy (non-hydrogen) atoms. The first-order valence-electron chi connectivity index (χ1n) is 7.80. The van der Waals surface area contributed by atoms with E-state index in [4.69, 9.17) is 0 Å². The molecule has 0 unspecified atom stereocenters. The van der Waals surface area contributed by atoms with Crippen molar-refractivity contribution in [2.24, 2.45) is 0 Å². The van der Waals surface area contributed by atoms with E-state index in [-0.39, 0.29) is 6.54 Å². The molecule has 132 valence electrons. The van der Waals surface area contributed by atoms with Crippen LogP contribution in [-0.2, 0) is 9.59 Å². The fourth-order valence-electron chi connectivity index (χ4n) is 2.35. The van der Waals surface area contributed by atoms with Crippen LogP contribution in [0, 0.1) is 6.92 Å². The van der Waals surface area contributed by atoms with Crippen LogP contribution in [0.3, 0.4) is 0 Å². The number of carbonyl (C=O) groups is 3. The molecule has 1 aliphatic rings.